The Labute approximate surface area is 241 Å². The van der Waals surface area contributed by atoms with E-state index >= 15 is 0 Å². The highest BCUT2D eigenvalue weighted by Gasteiger charge is 2.24. The SMILES string of the molecule is CC(=O)c1cccc(N=C(N)N)c1.CNCC(=O)C[C@@H](CC(=O)O)C(=O)Nc1ccc(OCCCC(C)(C)C)cc1. The number of likely N-dealkylation sites (N-methyl/N-ethyl adjacent to an activating group) is 1. The monoisotopic (exact) mass is 569 g/mol. The van der Waals surface area contributed by atoms with Gasteiger partial charge in [0.2, 0.25) is 5.91 Å². The molecule has 0 spiro atoms. The number of carbonyl (C=O) groups is 4. The van der Waals surface area contributed by atoms with Crippen molar-refractivity contribution in [2.45, 2.75) is 53.4 Å². The standard InChI is InChI=1S/C21H32N2O5.C9H11N3O/c1-21(2,3)10-5-11-28-18-8-6-16(7-9-18)23-20(27)15(13-19(25)26)12-17(24)14-22-4;1-6(13)7-3-2-4-8(5-7)12-9(10)11/h6-9,15,22H,5,10-14H2,1-4H3,(H,23,27)(H,25,26);2-5H,1H3,(H4,10,11,12)/t15-;/m0./s1. The van der Waals surface area contributed by atoms with E-state index in [-0.39, 0.29) is 35.9 Å². The number of benzene rings is 2. The number of guanidine groups is 1. The lowest BCUT2D eigenvalue weighted by Gasteiger charge is -2.18. The predicted octanol–water partition coefficient (Wildman–Crippen LogP) is 3.89. The molecular weight excluding hydrogens is 526 g/mol. The zero-order valence-electron chi connectivity index (χ0n) is 24.5. The topological polar surface area (TPSA) is 186 Å². The third-order valence-corrected chi connectivity index (χ3v) is 5.61. The zero-order valence-corrected chi connectivity index (χ0v) is 24.5. The van der Waals surface area contributed by atoms with E-state index in [1.54, 1.807) is 55.6 Å². The summed E-state index contributed by atoms with van der Waals surface area (Å²) in [5.74, 6) is -2.02. The number of ketones is 2. The highest BCUT2D eigenvalue weighted by atomic mass is 16.5. The first kappa shape index (κ1) is 34.8. The molecule has 0 saturated heterocycles. The molecular formula is C30H43N5O6. The summed E-state index contributed by atoms with van der Waals surface area (Å²) in [7, 11) is 1.62. The lowest BCUT2D eigenvalue weighted by molar-refractivity contribution is -0.140. The van der Waals surface area contributed by atoms with Crippen LogP contribution in [0.3, 0.4) is 0 Å². The van der Waals surface area contributed by atoms with E-state index < -0.39 is 24.2 Å². The van der Waals surface area contributed by atoms with Crippen LogP contribution in [-0.4, -0.2) is 54.7 Å². The average Bonchev–Trinajstić information content (AvgIpc) is 2.86. The maximum atomic E-state index is 12.4. The van der Waals surface area contributed by atoms with Crippen LogP contribution in [0, 0.1) is 11.3 Å². The number of anilines is 1. The molecule has 41 heavy (non-hydrogen) atoms. The van der Waals surface area contributed by atoms with Crippen LogP contribution in [0.1, 0.15) is 63.7 Å². The number of carboxylic acid groups (broad SMARTS) is 1. The lowest BCUT2D eigenvalue weighted by atomic mass is 9.91. The molecule has 11 nitrogen and oxygen atoms in total. The summed E-state index contributed by atoms with van der Waals surface area (Å²) < 4.78 is 5.70. The normalized spacial score (nSPS) is 11.3. The van der Waals surface area contributed by atoms with E-state index in [4.69, 9.17) is 21.3 Å². The summed E-state index contributed by atoms with van der Waals surface area (Å²) in [6, 6.07) is 13.7. The lowest BCUT2D eigenvalue weighted by Crippen LogP contribution is -2.30. The van der Waals surface area contributed by atoms with Crippen LogP contribution in [0.4, 0.5) is 11.4 Å². The largest absolute Gasteiger partial charge is 0.494 e. The van der Waals surface area contributed by atoms with E-state index in [2.05, 4.69) is 36.4 Å². The van der Waals surface area contributed by atoms with Crippen molar-refractivity contribution in [3.05, 3.63) is 54.1 Å². The van der Waals surface area contributed by atoms with Gasteiger partial charge >= 0.3 is 5.97 Å². The zero-order chi connectivity index (χ0) is 31.0. The van der Waals surface area contributed by atoms with Gasteiger partial charge in [-0.05, 0) is 68.6 Å². The number of amides is 1. The molecule has 0 saturated carbocycles. The Morgan fingerprint density at radius 2 is 1.68 bits per heavy atom. The summed E-state index contributed by atoms with van der Waals surface area (Å²) in [4.78, 5) is 50.0. The molecule has 7 N–H and O–H groups in total. The number of Topliss-reactive ketones (excluding diaryl/α,β-unsaturated/α-hetero) is 2. The number of rotatable bonds is 14. The fraction of sp³-hybridized carbons (Fsp3) is 0.433. The molecule has 1 amide bonds. The maximum absolute atomic E-state index is 12.4. The van der Waals surface area contributed by atoms with Gasteiger partial charge in [0.05, 0.1) is 31.2 Å². The molecule has 0 fully saturated rings. The van der Waals surface area contributed by atoms with Gasteiger partial charge in [0.1, 0.15) is 11.5 Å². The van der Waals surface area contributed by atoms with Crippen molar-refractivity contribution in [1.82, 2.24) is 5.32 Å². The summed E-state index contributed by atoms with van der Waals surface area (Å²) in [6.07, 6.45) is 1.52. The van der Waals surface area contributed by atoms with Gasteiger partial charge in [-0.3, -0.25) is 19.2 Å². The van der Waals surface area contributed by atoms with Gasteiger partial charge in [0.25, 0.3) is 0 Å². The minimum absolute atomic E-state index is 0.00681. The number of carboxylic acids is 1. The van der Waals surface area contributed by atoms with Crippen LogP contribution in [0.5, 0.6) is 5.75 Å². The van der Waals surface area contributed by atoms with Crippen molar-refractivity contribution in [3.8, 4) is 5.75 Å². The van der Waals surface area contributed by atoms with Crippen LogP contribution in [-0.2, 0) is 14.4 Å². The van der Waals surface area contributed by atoms with Crippen LogP contribution >= 0.6 is 0 Å². The second-order valence-corrected chi connectivity index (χ2v) is 10.7. The molecule has 1 atom stereocenters. The quantitative estimate of drug-likeness (QED) is 0.0973. The van der Waals surface area contributed by atoms with E-state index in [0.717, 1.165) is 12.8 Å². The minimum atomic E-state index is -1.11. The number of carbonyl (C=O) groups excluding carboxylic acids is 3. The number of hydrogen-bond donors (Lipinski definition) is 5. The van der Waals surface area contributed by atoms with Crippen molar-refractivity contribution in [1.29, 1.82) is 0 Å². The predicted molar refractivity (Wildman–Crippen MR) is 160 cm³/mol. The van der Waals surface area contributed by atoms with Crippen molar-refractivity contribution < 1.29 is 29.0 Å². The first-order chi connectivity index (χ1) is 19.2. The van der Waals surface area contributed by atoms with Gasteiger partial charge < -0.3 is 31.9 Å². The molecule has 2 rings (SSSR count). The van der Waals surface area contributed by atoms with E-state index in [0.29, 0.717) is 29.3 Å². The smallest absolute Gasteiger partial charge is 0.304 e. The maximum Gasteiger partial charge on any atom is 0.304 e. The number of nitrogens with zero attached hydrogens (tertiary/aromatic N) is 1. The molecule has 11 heteroatoms. The Morgan fingerprint density at radius 3 is 2.22 bits per heavy atom. The van der Waals surface area contributed by atoms with E-state index in [1.807, 2.05) is 0 Å². The fourth-order valence-electron chi connectivity index (χ4n) is 3.63. The van der Waals surface area contributed by atoms with Gasteiger partial charge in [-0.1, -0.05) is 32.9 Å². The molecule has 2 aromatic rings. The van der Waals surface area contributed by atoms with Gasteiger partial charge in [0, 0.05) is 17.7 Å². The van der Waals surface area contributed by atoms with Crippen molar-refractivity contribution in [3.63, 3.8) is 0 Å². The van der Waals surface area contributed by atoms with Crippen molar-refractivity contribution in [2.24, 2.45) is 27.8 Å². The molecule has 0 aliphatic rings. The Hall–Kier alpha value is -4.25. The van der Waals surface area contributed by atoms with Gasteiger partial charge in [-0.2, -0.15) is 0 Å². The second-order valence-electron chi connectivity index (χ2n) is 10.7. The number of ether oxygens (including phenoxy) is 1. The number of nitrogens with two attached hydrogens (primary N) is 2. The van der Waals surface area contributed by atoms with Crippen molar-refractivity contribution >= 4 is 40.8 Å². The molecule has 0 aliphatic heterocycles. The number of hydrogen-bond acceptors (Lipinski definition) is 7. The highest BCUT2D eigenvalue weighted by Crippen LogP contribution is 2.22. The molecule has 0 radical (unpaired) electrons. The summed E-state index contributed by atoms with van der Waals surface area (Å²) >= 11 is 0. The van der Waals surface area contributed by atoms with Gasteiger partial charge in [-0.15, -0.1) is 0 Å². The third-order valence-electron chi connectivity index (χ3n) is 5.61. The summed E-state index contributed by atoms with van der Waals surface area (Å²) in [5, 5.41) is 14.4. The Morgan fingerprint density at radius 1 is 1.02 bits per heavy atom. The first-order valence-corrected chi connectivity index (χ1v) is 13.3. The van der Waals surface area contributed by atoms with Crippen LogP contribution < -0.4 is 26.8 Å². The Kier molecular flexibility index (Phi) is 14.8. The summed E-state index contributed by atoms with van der Waals surface area (Å²) in [6.45, 7) is 8.79. The molecule has 0 bridgehead atoms. The van der Waals surface area contributed by atoms with Crippen LogP contribution in [0.2, 0.25) is 0 Å². The second kappa shape index (κ2) is 17.4. The number of aliphatic imine (C=N–C) groups is 1. The Balaban J connectivity index is 0.000000537. The average molecular weight is 570 g/mol. The number of aliphatic carboxylic acids is 1. The van der Waals surface area contributed by atoms with Gasteiger partial charge in [0.15, 0.2) is 11.7 Å². The molecule has 0 heterocycles. The number of nitrogens with one attached hydrogen (secondary N) is 2. The third kappa shape index (κ3) is 15.8. The molecule has 2 aromatic carbocycles. The molecule has 0 aliphatic carbocycles. The van der Waals surface area contributed by atoms with Crippen LogP contribution in [0.15, 0.2) is 53.5 Å². The summed E-state index contributed by atoms with van der Waals surface area (Å²) in [5.41, 5.74) is 12.4. The highest BCUT2D eigenvalue weighted by molar-refractivity contribution is 5.97. The first-order valence-electron chi connectivity index (χ1n) is 13.3. The minimum Gasteiger partial charge on any atom is -0.494 e. The van der Waals surface area contributed by atoms with E-state index in [9.17, 15) is 19.2 Å². The van der Waals surface area contributed by atoms with Crippen LogP contribution in [0.25, 0.3) is 0 Å². The molecule has 0 unspecified atom stereocenters. The van der Waals surface area contributed by atoms with Crippen molar-refractivity contribution in [2.75, 3.05) is 25.5 Å². The molecule has 224 valence electrons. The van der Waals surface area contributed by atoms with Gasteiger partial charge in [-0.25, -0.2) is 4.99 Å². The molecule has 0 aromatic heterocycles. The van der Waals surface area contributed by atoms with E-state index in [1.165, 1.54) is 6.92 Å². The fourth-order valence-corrected chi connectivity index (χ4v) is 3.63. The Bertz CT molecular complexity index is 1180.